The van der Waals surface area contributed by atoms with Crippen LogP contribution < -0.4 is 0 Å². The Balaban J connectivity index is 0.000000384. The van der Waals surface area contributed by atoms with E-state index in [0.717, 1.165) is 29.5 Å². The normalized spacial score (nSPS) is 9.38. The molecule has 1 aromatic rings. The van der Waals surface area contributed by atoms with Crippen LogP contribution in [0.1, 0.15) is 43.4 Å². The lowest BCUT2D eigenvalue weighted by molar-refractivity contribution is 0.449. The molecule has 0 saturated heterocycles. The van der Waals surface area contributed by atoms with Gasteiger partial charge in [-0.15, -0.1) is 0 Å². The van der Waals surface area contributed by atoms with Crippen LogP contribution in [-0.4, -0.2) is 10.2 Å². The molecule has 0 heterocycles. The van der Waals surface area contributed by atoms with E-state index in [1.807, 2.05) is 6.08 Å². The molecule has 0 aliphatic carbocycles. The number of aryl methyl sites for hydroxylation is 1. The SMILES string of the molecule is C=CC(=C)CCC=C(C)C.Cc1cc(O)c(C)c(C)c1O. The molecular formula is C19H28O2. The zero-order valence-corrected chi connectivity index (χ0v) is 14.0. The van der Waals surface area contributed by atoms with Crippen molar-refractivity contribution in [2.75, 3.05) is 0 Å². The van der Waals surface area contributed by atoms with Crippen LogP contribution in [0.3, 0.4) is 0 Å². The van der Waals surface area contributed by atoms with Crippen LogP contribution in [0, 0.1) is 20.8 Å². The van der Waals surface area contributed by atoms with Gasteiger partial charge in [0, 0.05) is 0 Å². The summed E-state index contributed by atoms with van der Waals surface area (Å²) in [6, 6.07) is 1.57. The topological polar surface area (TPSA) is 40.5 Å². The molecule has 0 aromatic heterocycles. The van der Waals surface area contributed by atoms with Gasteiger partial charge in [-0.2, -0.15) is 0 Å². The smallest absolute Gasteiger partial charge is 0.121 e. The van der Waals surface area contributed by atoms with Gasteiger partial charge in [0.1, 0.15) is 11.5 Å². The summed E-state index contributed by atoms with van der Waals surface area (Å²) in [6.45, 7) is 17.0. The second-order valence-electron chi connectivity index (χ2n) is 5.49. The second kappa shape index (κ2) is 9.06. The third-order valence-electron chi connectivity index (χ3n) is 3.34. The third kappa shape index (κ3) is 6.84. The Hall–Kier alpha value is -1.96. The fourth-order valence-electron chi connectivity index (χ4n) is 1.70. The molecule has 0 aliphatic heterocycles. The highest BCUT2D eigenvalue weighted by molar-refractivity contribution is 5.50. The van der Waals surface area contributed by atoms with Crippen LogP contribution in [0.4, 0.5) is 0 Å². The number of phenolic OH excluding ortho intramolecular Hbond substituents is 2. The first-order valence-electron chi connectivity index (χ1n) is 7.13. The maximum Gasteiger partial charge on any atom is 0.121 e. The molecule has 0 unspecified atom stereocenters. The molecule has 0 saturated carbocycles. The van der Waals surface area contributed by atoms with Gasteiger partial charge in [-0.3, -0.25) is 0 Å². The third-order valence-corrected chi connectivity index (χ3v) is 3.34. The van der Waals surface area contributed by atoms with E-state index >= 15 is 0 Å². The average Bonchev–Trinajstić information content (AvgIpc) is 2.43. The summed E-state index contributed by atoms with van der Waals surface area (Å²) in [4.78, 5) is 0. The van der Waals surface area contributed by atoms with E-state index in [1.54, 1.807) is 26.8 Å². The Kier molecular flexibility index (Phi) is 8.22. The highest BCUT2D eigenvalue weighted by Gasteiger charge is 2.06. The number of benzene rings is 1. The van der Waals surface area contributed by atoms with Gasteiger partial charge in [-0.1, -0.05) is 36.5 Å². The fourth-order valence-corrected chi connectivity index (χ4v) is 1.70. The maximum absolute atomic E-state index is 9.40. The molecule has 2 nitrogen and oxygen atoms in total. The average molecular weight is 288 g/mol. The molecule has 0 spiro atoms. The van der Waals surface area contributed by atoms with Gasteiger partial charge in [-0.05, 0) is 70.2 Å². The summed E-state index contributed by atoms with van der Waals surface area (Å²) in [7, 11) is 0. The Labute approximate surface area is 129 Å². The molecule has 0 amide bonds. The minimum absolute atomic E-state index is 0.248. The van der Waals surface area contributed by atoms with Crippen LogP contribution in [-0.2, 0) is 0 Å². The summed E-state index contributed by atoms with van der Waals surface area (Å²) >= 11 is 0. The van der Waals surface area contributed by atoms with Crippen LogP contribution in [0.25, 0.3) is 0 Å². The van der Waals surface area contributed by atoms with Gasteiger partial charge in [0.15, 0.2) is 0 Å². The standard InChI is InChI=1S/C10H16.C9H12O2/c1-5-10(4)8-6-7-9(2)3;1-5-4-8(10)6(2)7(3)9(5)11/h5,7H,1,4,6,8H2,2-3H3;4,10-11H,1-3H3. The van der Waals surface area contributed by atoms with E-state index < -0.39 is 0 Å². The fraction of sp³-hybridized carbons (Fsp3) is 0.368. The molecule has 0 atom stereocenters. The van der Waals surface area contributed by atoms with Crippen molar-refractivity contribution in [2.24, 2.45) is 0 Å². The van der Waals surface area contributed by atoms with Crippen LogP contribution in [0.15, 0.2) is 42.5 Å². The van der Waals surface area contributed by atoms with Crippen LogP contribution in [0.2, 0.25) is 0 Å². The summed E-state index contributed by atoms with van der Waals surface area (Å²) < 4.78 is 0. The van der Waals surface area contributed by atoms with E-state index in [-0.39, 0.29) is 11.5 Å². The number of phenols is 2. The van der Waals surface area contributed by atoms with E-state index in [4.69, 9.17) is 0 Å². The van der Waals surface area contributed by atoms with Crippen molar-refractivity contribution in [2.45, 2.75) is 47.5 Å². The van der Waals surface area contributed by atoms with Crippen molar-refractivity contribution in [3.63, 3.8) is 0 Å². The van der Waals surface area contributed by atoms with Gasteiger partial charge in [-0.25, -0.2) is 0 Å². The number of allylic oxidation sites excluding steroid dienone is 4. The Morgan fingerprint density at radius 1 is 1.14 bits per heavy atom. The van der Waals surface area contributed by atoms with Crippen molar-refractivity contribution in [1.82, 2.24) is 0 Å². The van der Waals surface area contributed by atoms with Gasteiger partial charge in [0.05, 0.1) is 0 Å². The van der Waals surface area contributed by atoms with Gasteiger partial charge >= 0.3 is 0 Å². The largest absolute Gasteiger partial charge is 0.508 e. The predicted molar refractivity (Wildman–Crippen MR) is 92.0 cm³/mol. The molecule has 21 heavy (non-hydrogen) atoms. The van der Waals surface area contributed by atoms with E-state index in [9.17, 15) is 10.2 Å². The lowest BCUT2D eigenvalue weighted by atomic mass is 10.0. The molecule has 0 radical (unpaired) electrons. The molecule has 2 N–H and O–H groups in total. The molecule has 116 valence electrons. The van der Waals surface area contributed by atoms with Crippen molar-refractivity contribution in [3.8, 4) is 11.5 Å². The summed E-state index contributed by atoms with van der Waals surface area (Å²) in [5, 5.41) is 18.7. The minimum Gasteiger partial charge on any atom is -0.508 e. The highest BCUT2D eigenvalue weighted by Crippen LogP contribution is 2.30. The van der Waals surface area contributed by atoms with Crippen LogP contribution in [0.5, 0.6) is 11.5 Å². The molecule has 0 aliphatic rings. The van der Waals surface area contributed by atoms with Crippen molar-refractivity contribution >= 4 is 0 Å². The molecule has 1 aromatic carbocycles. The first-order chi connectivity index (χ1) is 9.70. The molecule has 0 bridgehead atoms. The molecule has 1 rings (SSSR count). The van der Waals surface area contributed by atoms with Crippen molar-refractivity contribution in [3.05, 3.63) is 59.2 Å². The number of hydrogen-bond acceptors (Lipinski definition) is 2. The van der Waals surface area contributed by atoms with Gasteiger partial charge in [0.25, 0.3) is 0 Å². The van der Waals surface area contributed by atoms with Crippen LogP contribution >= 0.6 is 0 Å². The Morgan fingerprint density at radius 2 is 1.71 bits per heavy atom. The number of aromatic hydroxyl groups is 2. The van der Waals surface area contributed by atoms with E-state index in [0.29, 0.717) is 5.56 Å². The van der Waals surface area contributed by atoms with Crippen molar-refractivity contribution in [1.29, 1.82) is 0 Å². The monoisotopic (exact) mass is 288 g/mol. The lowest BCUT2D eigenvalue weighted by Gasteiger charge is -2.07. The molecule has 0 fully saturated rings. The summed E-state index contributed by atoms with van der Waals surface area (Å²) in [5.74, 6) is 0.526. The highest BCUT2D eigenvalue weighted by atomic mass is 16.3. The second-order valence-corrected chi connectivity index (χ2v) is 5.49. The number of rotatable bonds is 4. The van der Waals surface area contributed by atoms with Crippen molar-refractivity contribution < 1.29 is 10.2 Å². The molecular weight excluding hydrogens is 260 g/mol. The first kappa shape index (κ1) is 19.0. The first-order valence-corrected chi connectivity index (χ1v) is 7.13. The predicted octanol–water partition coefficient (Wildman–Crippen LogP) is 5.50. The Bertz CT molecular complexity index is 507. The summed E-state index contributed by atoms with van der Waals surface area (Å²) in [5.41, 5.74) is 4.70. The zero-order valence-electron chi connectivity index (χ0n) is 14.0. The minimum atomic E-state index is 0.248. The lowest BCUT2D eigenvalue weighted by Crippen LogP contribution is -1.85. The summed E-state index contributed by atoms with van der Waals surface area (Å²) in [6.07, 6.45) is 6.16. The van der Waals surface area contributed by atoms with Gasteiger partial charge in [0.2, 0.25) is 0 Å². The number of hydrogen-bond donors (Lipinski definition) is 2. The maximum atomic E-state index is 9.40. The Morgan fingerprint density at radius 3 is 2.19 bits per heavy atom. The molecule has 2 heteroatoms. The quantitative estimate of drug-likeness (QED) is 0.436. The van der Waals surface area contributed by atoms with E-state index in [2.05, 4.69) is 33.1 Å². The van der Waals surface area contributed by atoms with E-state index in [1.165, 1.54) is 5.57 Å². The zero-order chi connectivity index (χ0) is 16.6. The van der Waals surface area contributed by atoms with Gasteiger partial charge < -0.3 is 10.2 Å².